The topological polar surface area (TPSA) is 29.5 Å². The monoisotopic (exact) mass is 257 g/mol. The van der Waals surface area contributed by atoms with Gasteiger partial charge >= 0.3 is 5.97 Å². The largest absolute Gasteiger partial charge is 0.364 e. The zero-order valence-corrected chi connectivity index (χ0v) is 11.1. The van der Waals surface area contributed by atoms with Crippen molar-refractivity contribution in [3.8, 4) is 0 Å². The van der Waals surface area contributed by atoms with E-state index in [-0.39, 0.29) is 5.56 Å². The Balaban J connectivity index is 2.93. The average molecular weight is 257 g/mol. The number of aryl methyl sites for hydroxylation is 1. The van der Waals surface area contributed by atoms with Crippen LogP contribution < -0.4 is 0 Å². The molecule has 0 aromatic heterocycles. The summed E-state index contributed by atoms with van der Waals surface area (Å²) in [6.45, 7) is 6.55. The van der Waals surface area contributed by atoms with Crippen LogP contribution in [0.3, 0.4) is 0 Å². The lowest BCUT2D eigenvalue weighted by atomic mass is 10.1. The van der Waals surface area contributed by atoms with Crippen molar-refractivity contribution in [2.75, 3.05) is 13.1 Å². The molecule has 0 unspecified atom stereocenters. The van der Waals surface area contributed by atoms with Crippen molar-refractivity contribution < 1.29 is 14.0 Å². The van der Waals surface area contributed by atoms with Crippen LogP contribution in [-0.2, 0) is 4.84 Å². The van der Waals surface area contributed by atoms with Gasteiger partial charge in [-0.3, -0.25) is 0 Å². The molecule has 0 spiro atoms. The zero-order chi connectivity index (χ0) is 13.0. The SMILES string of the molecule is CCN(CC)OC(=O)c1cc(S)c(C)cc1F. The molecule has 0 amide bonds. The molecule has 1 aromatic carbocycles. The van der Waals surface area contributed by atoms with Crippen molar-refractivity contribution in [1.29, 1.82) is 0 Å². The Bertz CT molecular complexity index is 419. The second kappa shape index (κ2) is 6.02. The number of carbonyl (C=O) groups excluding carboxylic acids is 1. The van der Waals surface area contributed by atoms with Gasteiger partial charge in [0.25, 0.3) is 0 Å². The van der Waals surface area contributed by atoms with Crippen LogP contribution in [0.2, 0.25) is 0 Å². The van der Waals surface area contributed by atoms with Gasteiger partial charge in [-0.15, -0.1) is 17.7 Å². The fraction of sp³-hybridized carbons (Fsp3) is 0.417. The summed E-state index contributed by atoms with van der Waals surface area (Å²) >= 11 is 4.16. The molecule has 0 aliphatic rings. The number of nitrogens with zero attached hydrogens (tertiary/aromatic N) is 1. The summed E-state index contributed by atoms with van der Waals surface area (Å²) in [5.74, 6) is -1.28. The number of carbonyl (C=O) groups is 1. The van der Waals surface area contributed by atoms with Crippen LogP contribution in [0.15, 0.2) is 17.0 Å². The van der Waals surface area contributed by atoms with E-state index in [1.807, 2.05) is 13.8 Å². The molecule has 3 nitrogen and oxygen atoms in total. The highest BCUT2D eigenvalue weighted by atomic mass is 32.1. The highest BCUT2D eigenvalue weighted by Gasteiger charge is 2.17. The standard InChI is InChI=1S/C12H16FNO2S/c1-4-14(5-2)16-12(15)9-7-11(17)8(3)6-10(9)13/h6-7,17H,4-5H2,1-3H3. The van der Waals surface area contributed by atoms with E-state index in [0.717, 1.165) is 0 Å². The minimum absolute atomic E-state index is 0.0903. The average Bonchev–Trinajstić information content (AvgIpc) is 2.30. The van der Waals surface area contributed by atoms with Crippen LogP contribution in [0.1, 0.15) is 29.8 Å². The first-order valence-electron chi connectivity index (χ1n) is 5.45. The third kappa shape index (κ3) is 3.44. The van der Waals surface area contributed by atoms with Gasteiger partial charge in [0.05, 0.1) is 5.56 Å². The predicted octanol–water partition coefficient (Wildman–Crippen LogP) is 2.84. The second-order valence-corrected chi connectivity index (χ2v) is 4.09. The molecule has 0 aliphatic carbocycles. The quantitative estimate of drug-likeness (QED) is 0.664. The van der Waals surface area contributed by atoms with Crippen molar-refractivity contribution >= 4 is 18.6 Å². The van der Waals surface area contributed by atoms with E-state index in [2.05, 4.69) is 12.6 Å². The minimum Gasteiger partial charge on any atom is -0.364 e. The van der Waals surface area contributed by atoms with Gasteiger partial charge in [-0.1, -0.05) is 0 Å². The normalized spacial score (nSPS) is 10.7. The van der Waals surface area contributed by atoms with Crippen molar-refractivity contribution in [2.24, 2.45) is 0 Å². The Hall–Kier alpha value is -1.07. The number of hydroxylamine groups is 2. The summed E-state index contributed by atoms with van der Waals surface area (Å²) in [7, 11) is 0. The Morgan fingerprint density at radius 1 is 1.41 bits per heavy atom. The summed E-state index contributed by atoms with van der Waals surface area (Å²) in [6.07, 6.45) is 0. The number of hydrogen-bond donors (Lipinski definition) is 1. The lowest BCUT2D eigenvalue weighted by Crippen LogP contribution is -2.27. The maximum absolute atomic E-state index is 13.6. The van der Waals surface area contributed by atoms with Crippen LogP contribution >= 0.6 is 12.6 Å². The van der Waals surface area contributed by atoms with Crippen LogP contribution in [0.5, 0.6) is 0 Å². The van der Waals surface area contributed by atoms with E-state index in [1.165, 1.54) is 17.2 Å². The molecule has 1 rings (SSSR count). The van der Waals surface area contributed by atoms with E-state index >= 15 is 0 Å². The Labute approximate surface area is 106 Å². The molecule has 0 heterocycles. The molecular weight excluding hydrogens is 241 g/mol. The molecule has 0 saturated heterocycles. The summed E-state index contributed by atoms with van der Waals surface area (Å²) in [4.78, 5) is 17.3. The number of hydrogen-bond acceptors (Lipinski definition) is 4. The van der Waals surface area contributed by atoms with E-state index in [4.69, 9.17) is 4.84 Å². The third-order valence-electron chi connectivity index (χ3n) is 2.42. The molecule has 1 aromatic rings. The van der Waals surface area contributed by atoms with Crippen molar-refractivity contribution in [3.63, 3.8) is 0 Å². The molecule has 94 valence electrons. The van der Waals surface area contributed by atoms with Crippen molar-refractivity contribution in [3.05, 3.63) is 29.1 Å². The Morgan fingerprint density at radius 3 is 2.53 bits per heavy atom. The molecule has 0 N–H and O–H groups in total. The molecular formula is C12H16FNO2S. The van der Waals surface area contributed by atoms with E-state index in [0.29, 0.717) is 23.5 Å². The summed E-state index contributed by atoms with van der Waals surface area (Å²) in [5, 5.41) is 1.46. The summed E-state index contributed by atoms with van der Waals surface area (Å²) < 4.78 is 13.6. The first-order valence-corrected chi connectivity index (χ1v) is 5.90. The summed E-state index contributed by atoms with van der Waals surface area (Å²) in [6, 6.07) is 2.67. The fourth-order valence-corrected chi connectivity index (χ4v) is 1.53. The minimum atomic E-state index is -0.693. The smallest absolute Gasteiger partial charge is 0.360 e. The first kappa shape index (κ1) is 14.0. The lowest BCUT2D eigenvalue weighted by Gasteiger charge is -2.17. The molecule has 0 radical (unpaired) electrons. The van der Waals surface area contributed by atoms with Gasteiger partial charge in [0.15, 0.2) is 0 Å². The molecule has 0 bridgehead atoms. The molecule has 0 aliphatic heterocycles. The van der Waals surface area contributed by atoms with Gasteiger partial charge < -0.3 is 4.84 Å². The van der Waals surface area contributed by atoms with Crippen molar-refractivity contribution in [2.45, 2.75) is 25.7 Å². The molecule has 5 heteroatoms. The molecule has 17 heavy (non-hydrogen) atoms. The lowest BCUT2D eigenvalue weighted by molar-refractivity contribution is -0.103. The predicted molar refractivity (Wildman–Crippen MR) is 66.7 cm³/mol. The van der Waals surface area contributed by atoms with E-state index in [1.54, 1.807) is 6.92 Å². The van der Waals surface area contributed by atoms with E-state index < -0.39 is 11.8 Å². The van der Waals surface area contributed by atoms with E-state index in [9.17, 15) is 9.18 Å². The second-order valence-electron chi connectivity index (χ2n) is 3.61. The molecule has 0 saturated carbocycles. The first-order chi connectivity index (χ1) is 7.99. The highest BCUT2D eigenvalue weighted by molar-refractivity contribution is 7.80. The maximum Gasteiger partial charge on any atom is 0.360 e. The number of rotatable bonds is 4. The van der Waals surface area contributed by atoms with Crippen LogP contribution in [0.25, 0.3) is 0 Å². The van der Waals surface area contributed by atoms with Gasteiger partial charge in [-0.05, 0) is 38.5 Å². The van der Waals surface area contributed by atoms with Gasteiger partial charge in [-0.2, -0.15) is 0 Å². The maximum atomic E-state index is 13.6. The summed E-state index contributed by atoms with van der Waals surface area (Å²) in [5.41, 5.74) is 0.595. The fourth-order valence-electron chi connectivity index (χ4n) is 1.34. The van der Waals surface area contributed by atoms with Gasteiger partial charge in [0, 0.05) is 18.0 Å². The zero-order valence-electron chi connectivity index (χ0n) is 10.2. The van der Waals surface area contributed by atoms with Crippen LogP contribution in [0.4, 0.5) is 4.39 Å². The molecule has 0 fully saturated rings. The number of halogens is 1. The van der Waals surface area contributed by atoms with Crippen LogP contribution in [-0.4, -0.2) is 24.1 Å². The Morgan fingerprint density at radius 2 is 2.00 bits per heavy atom. The highest BCUT2D eigenvalue weighted by Crippen LogP contribution is 2.19. The Kier molecular flexibility index (Phi) is 4.96. The molecule has 0 atom stereocenters. The van der Waals surface area contributed by atoms with Gasteiger partial charge in [0.1, 0.15) is 5.82 Å². The third-order valence-corrected chi connectivity index (χ3v) is 2.90. The number of thiol groups is 1. The number of benzene rings is 1. The van der Waals surface area contributed by atoms with Gasteiger partial charge in [-0.25, -0.2) is 9.18 Å². The van der Waals surface area contributed by atoms with Crippen molar-refractivity contribution in [1.82, 2.24) is 5.06 Å². The van der Waals surface area contributed by atoms with Crippen LogP contribution in [0, 0.1) is 12.7 Å². The van der Waals surface area contributed by atoms with Gasteiger partial charge in [0.2, 0.25) is 0 Å².